The Morgan fingerprint density at radius 2 is 1.96 bits per heavy atom. The first-order chi connectivity index (χ1) is 12.7. The fraction of sp³-hybridized carbons (Fsp3) is 0.158. The molecule has 26 heavy (non-hydrogen) atoms. The third-order valence-electron chi connectivity index (χ3n) is 3.65. The lowest BCUT2D eigenvalue weighted by molar-refractivity contribution is -0.113. The van der Waals surface area contributed by atoms with Crippen molar-refractivity contribution in [2.45, 2.75) is 5.16 Å². The van der Waals surface area contributed by atoms with Crippen LogP contribution in [0.15, 0.2) is 66.1 Å². The van der Waals surface area contributed by atoms with Gasteiger partial charge in [0.05, 0.1) is 25.7 Å². The van der Waals surface area contributed by atoms with Crippen molar-refractivity contribution in [3.05, 3.63) is 60.9 Å². The molecule has 0 fully saturated rings. The zero-order valence-electron chi connectivity index (χ0n) is 14.5. The molecule has 0 atom stereocenters. The predicted octanol–water partition coefficient (Wildman–Crippen LogP) is 3.62. The molecule has 0 radical (unpaired) electrons. The molecule has 0 unspecified atom stereocenters. The molecule has 1 heterocycles. The second-order valence-electron chi connectivity index (χ2n) is 5.32. The number of thioether (sulfide) groups is 1. The van der Waals surface area contributed by atoms with Crippen molar-refractivity contribution in [3.63, 3.8) is 0 Å². The maximum Gasteiger partial charge on any atom is 0.234 e. The Labute approximate surface area is 156 Å². The van der Waals surface area contributed by atoms with Gasteiger partial charge in [-0.3, -0.25) is 9.36 Å². The van der Waals surface area contributed by atoms with E-state index in [1.165, 1.54) is 11.8 Å². The van der Waals surface area contributed by atoms with E-state index in [9.17, 15) is 4.79 Å². The second kappa shape index (κ2) is 8.44. The molecule has 0 spiro atoms. The van der Waals surface area contributed by atoms with Crippen LogP contribution < -0.4 is 14.8 Å². The summed E-state index contributed by atoms with van der Waals surface area (Å²) in [4.78, 5) is 16.7. The van der Waals surface area contributed by atoms with Crippen LogP contribution in [0.3, 0.4) is 0 Å². The third kappa shape index (κ3) is 4.18. The van der Waals surface area contributed by atoms with E-state index in [1.807, 2.05) is 41.1 Å². The van der Waals surface area contributed by atoms with Gasteiger partial charge in [0.15, 0.2) is 5.16 Å². The maximum absolute atomic E-state index is 12.4. The van der Waals surface area contributed by atoms with Crippen molar-refractivity contribution < 1.29 is 14.3 Å². The predicted molar refractivity (Wildman–Crippen MR) is 102 cm³/mol. The zero-order valence-corrected chi connectivity index (χ0v) is 15.3. The summed E-state index contributed by atoms with van der Waals surface area (Å²) in [6.07, 6.45) is 3.60. The van der Waals surface area contributed by atoms with Gasteiger partial charge in [-0.2, -0.15) is 0 Å². The second-order valence-corrected chi connectivity index (χ2v) is 6.26. The van der Waals surface area contributed by atoms with Gasteiger partial charge in [-0.1, -0.05) is 30.0 Å². The fourth-order valence-corrected chi connectivity index (χ4v) is 3.18. The molecule has 134 valence electrons. The number of nitrogens with one attached hydrogen (secondary N) is 1. The van der Waals surface area contributed by atoms with Gasteiger partial charge in [0.25, 0.3) is 0 Å². The van der Waals surface area contributed by atoms with Crippen LogP contribution in [0.5, 0.6) is 11.5 Å². The number of anilines is 1. The number of hydrogen-bond acceptors (Lipinski definition) is 5. The van der Waals surface area contributed by atoms with Crippen molar-refractivity contribution in [1.82, 2.24) is 9.55 Å². The van der Waals surface area contributed by atoms with E-state index in [0.717, 1.165) is 10.8 Å². The Morgan fingerprint density at radius 3 is 2.69 bits per heavy atom. The number of imidazole rings is 1. The van der Waals surface area contributed by atoms with Crippen LogP contribution in [0.4, 0.5) is 5.69 Å². The van der Waals surface area contributed by atoms with Crippen molar-refractivity contribution in [1.29, 1.82) is 0 Å². The van der Waals surface area contributed by atoms with E-state index in [2.05, 4.69) is 10.3 Å². The fourth-order valence-electron chi connectivity index (χ4n) is 2.41. The van der Waals surface area contributed by atoms with Crippen molar-refractivity contribution in [3.8, 4) is 17.2 Å². The minimum Gasteiger partial charge on any atom is -0.497 e. The van der Waals surface area contributed by atoms with Crippen LogP contribution in [-0.4, -0.2) is 35.4 Å². The lowest BCUT2D eigenvalue weighted by Gasteiger charge is -2.12. The molecule has 7 heteroatoms. The van der Waals surface area contributed by atoms with Gasteiger partial charge in [-0.05, 0) is 24.3 Å². The molecule has 0 aliphatic rings. The largest absolute Gasteiger partial charge is 0.497 e. The summed E-state index contributed by atoms with van der Waals surface area (Å²) in [5, 5.41) is 3.61. The summed E-state index contributed by atoms with van der Waals surface area (Å²) in [6.45, 7) is 0. The number of methoxy groups -OCH3 is 2. The number of ether oxygens (including phenoxy) is 2. The maximum atomic E-state index is 12.4. The number of nitrogens with zero attached hydrogens (tertiary/aromatic N) is 2. The Balaban J connectivity index is 1.67. The minimum atomic E-state index is -0.149. The number of carbonyl (C=O) groups excluding carboxylic acids is 1. The number of amides is 1. The van der Waals surface area contributed by atoms with E-state index in [1.54, 1.807) is 38.6 Å². The molecule has 0 bridgehead atoms. The summed E-state index contributed by atoms with van der Waals surface area (Å²) in [6, 6.07) is 15.1. The standard InChI is InChI=1S/C19H19N3O3S/c1-24-15-8-9-17(25-2)16(12-15)21-18(23)13-26-19-20-10-11-22(19)14-6-4-3-5-7-14/h3-12H,13H2,1-2H3,(H,21,23). The molecule has 3 rings (SSSR count). The number of aromatic nitrogens is 2. The zero-order chi connectivity index (χ0) is 18.4. The van der Waals surface area contributed by atoms with Gasteiger partial charge < -0.3 is 14.8 Å². The molecular weight excluding hydrogens is 350 g/mol. The number of rotatable bonds is 7. The van der Waals surface area contributed by atoms with Crippen LogP contribution in [-0.2, 0) is 4.79 Å². The molecule has 1 N–H and O–H groups in total. The molecule has 0 saturated heterocycles. The molecule has 0 saturated carbocycles. The SMILES string of the molecule is COc1ccc(OC)c(NC(=O)CSc2nccn2-c2ccccc2)c1. The molecule has 3 aromatic rings. The molecular formula is C19H19N3O3S. The van der Waals surface area contributed by atoms with Crippen LogP contribution >= 0.6 is 11.8 Å². The van der Waals surface area contributed by atoms with Crippen LogP contribution in [0.2, 0.25) is 0 Å². The van der Waals surface area contributed by atoms with Gasteiger partial charge in [-0.25, -0.2) is 4.98 Å². The lowest BCUT2D eigenvalue weighted by Crippen LogP contribution is -2.15. The summed E-state index contributed by atoms with van der Waals surface area (Å²) >= 11 is 1.37. The van der Waals surface area contributed by atoms with Gasteiger partial charge in [0.2, 0.25) is 5.91 Å². The highest BCUT2D eigenvalue weighted by Gasteiger charge is 2.12. The van der Waals surface area contributed by atoms with E-state index >= 15 is 0 Å². The molecule has 0 aliphatic carbocycles. The highest BCUT2D eigenvalue weighted by molar-refractivity contribution is 7.99. The molecule has 0 aliphatic heterocycles. The van der Waals surface area contributed by atoms with Gasteiger partial charge >= 0.3 is 0 Å². The molecule has 6 nitrogen and oxygen atoms in total. The van der Waals surface area contributed by atoms with E-state index in [-0.39, 0.29) is 11.7 Å². The molecule has 1 aromatic heterocycles. The van der Waals surface area contributed by atoms with Crippen LogP contribution in [0.25, 0.3) is 5.69 Å². The Morgan fingerprint density at radius 1 is 1.15 bits per heavy atom. The Bertz CT molecular complexity index is 881. The van der Waals surface area contributed by atoms with Crippen molar-refractivity contribution in [2.75, 3.05) is 25.3 Å². The molecule has 1 amide bonds. The van der Waals surface area contributed by atoms with Crippen LogP contribution in [0, 0.1) is 0 Å². The van der Waals surface area contributed by atoms with Crippen LogP contribution in [0.1, 0.15) is 0 Å². The number of hydrogen-bond donors (Lipinski definition) is 1. The number of benzene rings is 2. The first kappa shape index (κ1) is 17.9. The number of para-hydroxylation sites is 1. The quantitative estimate of drug-likeness (QED) is 0.645. The average molecular weight is 369 g/mol. The van der Waals surface area contributed by atoms with Gasteiger partial charge in [0.1, 0.15) is 11.5 Å². The minimum absolute atomic E-state index is 0.149. The van der Waals surface area contributed by atoms with Gasteiger partial charge in [-0.15, -0.1) is 0 Å². The van der Waals surface area contributed by atoms with Crippen molar-refractivity contribution in [2.24, 2.45) is 0 Å². The average Bonchev–Trinajstić information content (AvgIpc) is 3.15. The van der Waals surface area contributed by atoms with E-state index in [0.29, 0.717) is 17.2 Å². The first-order valence-electron chi connectivity index (χ1n) is 7.94. The van der Waals surface area contributed by atoms with E-state index in [4.69, 9.17) is 9.47 Å². The summed E-state index contributed by atoms with van der Waals surface area (Å²) in [5.41, 5.74) is 1.58. The normalized spacial score (nSPS) is 10.4. The summed E-state index contributed by atoms with van der Waals surface area (Å²) < 4.78 is 12.4. The number of carbonyl (C=O) groups is 1. The van der Waals surface area contributed by atoms with E-state index < -0.39 is 0 Å². The molecule has 2 aromatic carbocycles. The monoisotopic (exact) mass is 369 g/mol. The lowest BCUT2D eigenvalue weighted by atomic mass is 10.2. The summed E-state index contributed by atoms with van der Waals surface area (Å²) in [7, 11) is 3.13. The Kier molecular flexibility index (Phi) is 5.80. The summed E-state index contributed by atoms with van der Waals surface area (Å²) in [5.74, 6) is 1.30. The topological polar surface area (TPSA) is 65.4 Å². The highest BCUT2D eigenvalue weighted by Crippen LogP contribution is 2.29. The smallest absolute Gasteiger partial charge is 0.234 e. The van der Waals surface area contributed by atoms with Gasteiger partial charge in [0, 0.05) is 24.1 Å². The highest BCUT2D eigenvalue weighted by atomic mass is 32.2. The Hall–Kier alpha value is -2.93. The van der Waals surface area contributed by atoms with Crippen molar-refractivity contribution >= 4 is 23.4 Å². The first-order valence-corrected chi connectivity index (χ1v) is 8.93. The third-order valence-corrected chi connectivity index (χ3v) is 4.62.